The summed E-state index contributed by atoms with van der Waals surface area (Å²) in [4.78, 5) is 16.3. The highest BCUT2D eigenvalue weighted by molar-refractivity contribution is 7.13. The zero-order chi connectivity index (χ0) is 17.9. The van der Waals surface area contributed by atoms with Crippen LogP contribution in [0.25, 0.3) is 21.7 Å². The number of furan rings is 1. The average molecular weight is 367 g/mol. The minimum Gasteiger partial charge on any atom is -0.487 e. The lowest BCUT2D eigenvalue weighted by Gasteiger charge is -2.07. The van der Waals surface area contributed by atoms with Crippen LogP contribution in [0.1, 0.15) is 24.6 Å². The second-order valence-electron chi connectivity index (χ2n) is 5.91. The standard InChI is InChI=1S/C20H17NO4S/c1-2-4-13-9-19(22)25-18-10-15(6-7-16(13)18)24-11-14-12-26-20(21-14)17-5-3-8-23-17/h3,5-10,12H,2,4,11H2,1H3. The molecule has 26 heavy (non-hydrogen) atoms. The molecule has 4 aromatic rings. The molecule has 0 aliphatic heterocycles. The van der Waals surface area contributed by atoms with Gasteiger partial charge >= 0.3 is 5.63 Å². The van der Waals surface area contributed by atoms with E-state index in [9.17, 15) is 4.79 Å². The minimum atomic E-state index is -0.333. The molecule has 132 valence electrons. The number of rotatable bonds is 6. The summed E-state index contributed by atoms with van der Waals surface area (Å²) in [7, 11) is 0. The second-order valence-corrected chi connectivity index (χ2v) is 6.77. The lowest BCUT2D eigenvalue weighted by molar-refractivity contribution is 0.302. The van der Waals surface area contributed by atoms with Crippen molar-refractivity contribution in [1.82, 2.24) is 4.98 Å². The van der Waals surface area contributed by atoms with Gasteiger partial charge in [-0.3, -0.25) is 0 Å². The molecule has 0 N–H and O–H groups in total. The predicted molar refractivity (Wildman–Crippen MR) is 101 cm³/mol. The largest absolute Gasteiger partial charge is 0.487 e. The maximum absolute atomic E-state index is 11.8. The van der Waals surface area contributed by atoms with E-state index in [1.54, 1.807) is 18.4 Å². The van der Waals surface area contributed by atoms with Crippen molar-refractivity contribution in [2.24, 2.45) is 0 Å². The van der Waals surface area contributed by atoms with Gasteiger partial charge in [0.1, 0.15) is 17.9 Å². The van der Waals surface area contributed by atoms with Crippen molar-refractivity contribution < 1.29 is 13.6 Å². The molecule has 0 fully saturated rings. The summed E-state index contributed by atoms with van der Waals surface area (Å²) in [5.41, 5.74) is 2.05. The Hall–Kier alpha value is -2.86. The predicted octanol–water partition coefficient (Wildman–Crippen LogP) is 5.04. The van der Waals surface area contributed by atoms with Crippen LogP contribution < -0.4 is 10.4 Å². The van der Waals surface area contributed by atoms with E-state index >= 15 is 0 Å². The summed E-state index contributed by atoms with van der Waals surface area (Å²) < 4.78 is 16.5. The van der Waals surface area contributed by atoms with Gasteiger partial charge in [-0.25, -0.2) is 9.78 Å². The first-order valence-corrected chi connectivity index (χ1v) is 9.29. The number of fused-ring (bicyclic) bond motifs is 1. The Balaban J connectivity index is 1.53. The van der Waals surface area contributed by atoms with Gasteiger partial charge in [0.05, 0.1) is 12.0 Å². The molecule has 6 heteroatoms. The lowest BCUT2D eigenvalue weighted by atomic mass is 10.1. The maximum Gasteiger partial charge on any atom is 0.336 e. The van der Waals surface area contributed by atoms with E-state index in [0.717, 1.165) is 40.3 Å². The third kappa shape index (κ3) is 3.41. The second kappa shape index (κ2) is 7.17. The Morgan fingerprint density at radius 3 is 2.96 bits per heavy atom. The summed E-state index contributed by atoms with van der Waals surface area (Å²) in [5, 5.41) is 3.72. The van der Waals surface area contributed by atoms with Gasteiger partial charge in [0, 0.05) is 22.9 Å². The van der Waals surface area contributed by atoms with E-state index in [1.807, 2.05) is 29.6 Å². The monoisotopic (exact) mass is 367 g/mol. The molecule has 5 nitrogen and oxygen atoms in total. The maximum atomic E-state index is 11.8. The Bertz CT molecular complexity index is 1080. The topological polar surface area (TPSA) is 65.5 Å². The van der Waals surface area contributed by atoms with Gasteiger partial charge in [-0.1, -0.05) is 13.3 Å². The van der Waals surface area contributed by atoms with Gasteiger partial charge in [0.15, 0.2) is 10.8 Å². The van der Waals surface area contributed by atoms with E-state index in [1.165, 1.54) is 11.3 Å². The van der Waals surface area contributed by atoms with Crippen LogP contribution in [0.5, 0.6) is 5.75 Å². The average Bonchev–Trinajstić information content (AvgIpc) is 3.31. The van der Waals surface area contributed by atoms with Crippen molar-refractivity contribution in [3.63, 3.8) is 0 Å². The van der Waals surface area contributed by atoms with Crippen molar-refractivity contribution in [2.75, 3.05) is 0 Å². The van der Waals surface area contributed by atoms with E-state index < -0.39 is 0 Å². The van der Waals surface area contributed by atoms with Crippen LogP contribution in [0.3, 0.4) is 0 Å². The van der Waals surface area contributed by atoms with Gasteiger partial charge in [0.25, 0.3) is 0 Å². The summed E-state index contributed by atoms with van der Waals surface area (Å²) in [6, 6.07) is 10.9. The van der Waals surface area contributed by atoms with Crippen LogP contribution in [0.15, 0.2) is 61.7 Å². The third-order valence-corrected chi connectivity index (χ3v) is 4.90. The normalized spacial score (nSPS) is 11.1. The first kappa shape index (κ1) is 16.6. The minimum absolute atomic E-state index is 0.333. The van der Waals surface area contributed by atoms with Crippen molar-refractivity contribution in [3.8, 4) is 16.5 Å². The number of thiazole rings is 1. The number of hydrogen-bond acceptors (Lipinski definition) is 6. The first-order chi connectivity index (χ1) is 12.7. The molecule has 0 unspecified atom stereocenters. The molecule has 0 aliphatic carbocycles. The smallest absolute Gasteiger partial charge is 0.336 e. The third-order valence-electron chi connectivity index (χ3n) is 3.99. The van der Waals surface area contributed by atoms with E-state index in [-0.39, 0.29) is 5.63 Å². The van der Waals surface area contributed by atoms with Crippen LogP contribution >= 0.6 is 11.3 Å². The van der Waals surface area contributed by atoms with Crippen molar-refractivity contribution >= 4 is 22.3 Å². The molecule has 0 saturated heterocycles. The zero-order valence-corrected chi connectivity index (χ0v) is 15.0. The molecular weight excluding hydrogens is 350 g/mol. The Morgan fingerprint density at radius 1 is 1.23 bits per heavy atom. The highest BCUT2D eigenvalue weighted by Crippen LogP contribution is 2.26. The number of hydrogen-bond donors (Lipinski definition) is 0. The molecule has 0 bridgehead atoms. The number of nitrogens with zero attached hydrogens (tertiary/aromatic N) is 1. The van der Waals surface area contributed by atoms with E-state index in [0.29, 0.717) is 17.9 Å². The molecule has 1 aromatic carbocycles. The van der Waals surface area contributed by atoms with Crippen molar-refractivity contribution in [2.45, 2.75) is 26.4 Å². The summed E-state index contributed by atoms with van der Waals surface area (Å²) in [6.45, 7) is 2.42. The lowest BCUT2D eigenvalue weighted by Crippen LogP contribution is -2.01. The van der Waals surface area contributed by atoms with Crippen LogP contribution in [0, 0.1) is 0 Å². The van der Waals surface area contributed by atoms with Gasteiger partial charge < -0.3 is 13.6 Å². The first-order valence-electron chi connectivity index (χ1n) is 8.41. The van der Waals surface area contributed by atoms with Crippen LogP contribution in [0.2, 0.25) is 0 Å². The van der Waals surface area contributed by atoms with E-state index in [4.69, 9.17) is 13.6 Å². The molecule has 0 radical (unpaired) electrons. The highest BCUT2D eigenvalue weighted by Gasteiger charge is 2.09. The molecule has 0 aliphatic rings. The zero-order valence-electron chi connectivity index (χ0n) is 14.2. The molecule has 0 amide bonds. The fraction of sp³-hybridized carbons (Fsp3) is 0.200. The van der Waals surface area contributed by atoms with Gasteiger partial charge in [0.2, 0.25) is 0 Å². The molecule has 3 aromatic heterocycles. The van der Waals surface area contributed by atoms with Crippen LogP contribution in [-0.4, -0.2) is 4.98 Å². The van der Waals surface area contributed by atoms with Gasteiger partial charge in [-0.2, -0.15) is 0 Å². The van der Waals surface area contributed by atoms with Gasteiger partial charge in [-0.05, 0) is 36.2 Å². The summed E-state index contributed by atoms with van der Waals surface area (Å²) >= 11 is 1.51. The molecule has 0 spiro atoms. The highest BCUT2D eigenvalue weighted by atomic mass is 32.1. The molecular formula is C20H17NO4S. The number of ether oxygens (including phenoxy) is 1. The van der Waals surface area contributed by atoms with Gasteiger partial charge in [-0.15, -0.1) is 11.3 Å². The number of aromatic nitrogens is 1. The van der Waals surface area contributed by atoms with Crippen LogP contribution in [0.4, 0.5) is 0 Å². The molecule has 0 saturated carbocycles. The van der Waals surface area contributed by atoms with E-state index in [2.05, 4.69) is 11.9 Å². The van der Waals surface area contributed by atoms with Crippen molar-refractivity contribution in [3.05, 3.63) is 69.7 Å². The fourth-order valence-corrected chi connectivity index (χ4v) is 3.59. The Kier molecular flexibility index (Phi) is 4.58. The fourth-order valence-electron chi connectivity index (χ4n) is 2.82. The SMILES string of the molecule is CCCc1cc(=O)oc2cc(OCc3csc(-c4ccco4)n3)ccc12. The molecule has 4 rings (SSSR count). The summed E-state index contributed by atoms with van der Waals surface area (Å²) in [5.74, 6) is 1.39. The quantitative estimate of drug-likeness (QED) is 0.447. The molecule has 3 heterocycles. The summed E-state index contributed by atoms with van der Waals surface area (Å²) in [6.07, 6.45) is 3.44. The number of benzene rings is 1. The molecule has 0 atom stereocenters. The Labute approximate surface area is 153 Å². The Morgan fingerprint density at radius 2 is 2.15 bits per heavy atom. The van der Waals surface area contributed by atoms with Crippen molar-refractivity contribution in [1.29, 1.82) is 0 Å². The number of aryl methyl sites for hydroxylation is 1. The van der Waals surface area contributed by atoms with Crippen LogP contribution in [-0.2, 0) is 13.0 Å².